The van der Waals surface area contributed by atoms with Crippen LogP contribution in [0.1, 0.15) is 51.9 Å². The van der Waals surface area contributed by atoms with Crippen molar-refractivity contribution in [1.29, 1.82) is 0 Å². The minimum Gasteiger partial charge on any atom is -0.396 e. The Morgan fingerprint density at radius 2 is 1.65 bits per heavy atom. The molecule has 0 amide bonds. The fraction of sp³-hybridized carbons (Fsp3) is 1.00. The van der Waals surface area contributed by atoms with Crippen molar-refractivity contribution in [3.05, 3.63) is 0 Å². The topological polar surface area (TPSA) is 32.3 Å². The normalized spacial score (nSPS) is 45.2. The lowest BCUT2D eigenvalue weighted by atomic mass is 9.48. The van der Waals surface area contributed by atoms with Crippen molar-refractivity contribution in [1.82, 2.24) is 5.32 Å². The second kappa shape index (κ2) is 4.55. The standard InChI is InChI=1S/C15H27NO/c1-11(16-3-2-4-17)15-8-12-5-13(9-15)7-14(6-12)10-15/h11-14,16-17H,2-10H2,1H3. The molecule has 4 fully saturated rings. The van der Waals surface area contributed by atoms with Crippen LogP contribution in [0, 0.1) is 23.2 Å². The van der Waals surface area contributed by atoms with Gasteiger partial charge in [-0.25, -0.2) is 0 Å². The first kappa shape index (κ1) is 12.0. The van der Waals surface area contributed by atoms with Gasteiger partial charge in [-0.05, 0) is 81.6 Å². The van der Waals surface area contributed by atoms with Crippen molar-refractivity contribution in [2.45, 2.75) is 57.9 Å². The van der Waals surface area contributed by atoms with Gasteiger partial charge < -0.3 is 10.4 Å². The third kappa shape index (κ3) is 2.15. The third-order valence-corrected chi connectivity index (χ3v) is 5.79. The Hall–Kier alpha value is -0.0800. The molecule has 2 heteroatoms. The van der Waals surface area contributed by atoms with E-state index < -0.39 is 0 Å². The lowest BCUT2D eigenvalue weighted by molar-refractivity contribution is -0.0704. The van der Waals surface area contributed by atoms with Crippen LogP contribution >= 0.6 is 0 Å². The van der Waals surface area contributed by atoms with E-state index in [2.05, 4.69) is 12.2 Å². The largest absolute Gasteiger partial charge is 0.396 e. The summed E-state index contributed by atoms with van der Waals surface area (Å²) in [6.45, 7) is 3.70. The summed E-state index contributed by atoms with van der Waals surface area (Å²) in [4.78, 5) is 0. The summed E-state index contributed by atoms with van der Waals surface area (Å²) in [7, 11) is 0. The van der Waals surface area contributed by atoms with Gasteiger partial charge in [0, 0.05) is 12.6 Å². The van der Waals surface area contributed by atoms with Gasteiger partial charge in [-0.1, -0.05) is 0 Å². The van der Waals surface area contributed by atoms with E-state index in [1.54, 1.807) is 0 Å². The van der Waals surface area contributed by atoms with Gasteiger partial charge in [0.05, 0.1) is 0 Å². The second-order valence-electron chi connectivity index (χ2n) is 7.03. The Bertz CT molecular complexity index is 241. The van der Waals surface area contributed by atoms with Crippen LogP contribution in [-0.2, 0) is 0 Å². The van der Waals surface area contributed by atoms with Gasteiger partial charge in [-0.15, -0.1) is 0 Å². The van der Waals surface area contributed by atoms with Gasteiger partial charge in [0.25, 0.3) is 0 Å². The van der Waals surface area contributed by atoms with Crippen LogP contribution < -0.4 is 5.32 Å². The first-order valence-electron chi connectivity index (χ1n) is 7.56. The average molecular weight is 237 g/mol. The molecule has 0 aromatic rings. The molecule has 2 N–H and O–H groups in total. The Morgan fingerprint density at radius 1 is 1.12 bits per heavy atom. The van der Waals surface area contributed by atoms with Gasteiger partial charge in [-0.3, -0.25) is 0 Å². The second-order valence-corrected chi connectivity index (χ2v) is 7.03. The summed E-state index contributed by atoms with van der Waals surface area (Å²) >= 11 is 0. The van der Waals surface area contributed by atoms with Crippen LogP contribution in [0.3, 0.4) is 0 Å². The fourth-order valence-electron chi connectivity index (χ4n) is 5.32. The van der Waals surface area contributed by atoms with Gasteiger partial charge in [-0.2, -0.15) is 0 Å². The van der Waals surface area contributed by atoms with Crippen LogP contribution in [-0.4, -0.2) is 24.3 Å². The third-order valence-electron chi connectivity index (χ3n) is 5.79. The molecule has 4 aliphatic rings. The van der Waals surface area contributed by atoms with Crippen molar-refractivity contribution in [3.8, 4) is 0 Å². The molecule has 17 heavy (non-hydrogen) atoms. The minimum atomic E-state index is 0.320. The maximum atomic E-state index is 8.87. The summed E-state index contributed by atoms with van der Waals surface area (Å²) in [5.74, 6) is 3.13. The lowest BCUT2D eigenvalue weighted by Crippen LogP contribution is -2.55. The smallest absolute Gasteiger partial charge is 0.0443 e. The number of hydrogen-bond acceptors (Lipinski definition) is 2. The van der Waals surface area contributed by atoms with Crippen molar-refractivity contribution in [3.63, 3.8) is 0 Å². The molecule has 4 bridgehead atoms. The van der Waals surface area contributed by atoms with Gasteiger partial charge >= 0.3 is 0 Å². The summed E-state index contributed by atoms with van der Waals surface area (Å²) in [5, 5.41) is 12.6. The van der Waals surface area contributed by atoms with Gasteiger partial charge in [0.1, 0.15) is 0 Å². The predicted octanol–water partition coefficient (Wildman–Crippen LogP) is 2.56. The molecule has 1 unspecified atom stereocenters. The maximum Gasteiger partial charge on any atom is 0.0443 e. The SMILES string of the molecule is CC(NCCCO)C12CC3CC(CC(C3)C1)C2. The summed E-state index contributed by atoms with van der Waals surface area (Å²) in [5.41, 5.74) is 0.615. The van der Waals surface area contributed by atoms with Gasteiger partial charge in [0.15, 0.2) is 0 Å². The Morgan fingerprint density at radius 3 is 2.12 bits per heavy atom. The molecule has 98 valence electrons. The Kier molecular flexibility index (Phi) is 3.20. The molecule has 0 saturated heterocycles. The fourth-order valence-corrected chi connectivity index (χ4v) is 5.32. The number of aliphatic hydroxyl groups excluding tert-OH is 1. The monoisotopic (exact) mass is 237 g/mol. The summed E-state index contributed by atoms with van der Waals surface area (Å²) < 4.78 is 0. The first-order valence-corrected chi connectivity index (χ1v) is 7.56. The minimum absolute atomic E-state index is 0.320. The Labute approximate surface area is 105 Å². The molecule has 4 rings (SSSR count). The molecule has 0 spiro atoms. The molecule has 1 atom stereocenters. The zero-order valence-electron chi connectivity index (χ0n) is 11.1. The van der Waals surface area contributed by atoms with Crippen LogP contribution in [0.5, 0.6) is 0 Å². The number of rotatable bonds is 5. The number of aliphatic hydroxyl groups is 1. The first-order chi connectivity index (χ1) is 8.22. The maximum absolute atomic E-state index is 8.87. The van der Waals surface area contributed by atoms with Crippen molar-refractivity contribution >= 4 is 0 Å². The molecule has 0 heterocycles. The Balaban J connectivity index is 1.64. The molecule has 2 nitrogen and oxygen atoms in total. The highest BCUT2D eigenvalue weighted by molar-refractivity contribution is 5.05. The molecule has 0 aliphatic heterocycles. The summed E-state index contributed by atoms with van der Waals surface area (Å²) in [6, 6.07) is 0.655. The van der Waals surface area contributed by atoms with E-state index >= 15 is 0 Å². The van der Waals surface area contributed by atoms with E-state index in [-0.39, 0.29) is 0 Å². The van der Waals surface area contributed by atoms with Crippen LogP contribution in [0.4, 0.5) is 0 Å². The van der Waals surface area contributed by atoms with Crippen molar-refractivity contribution in [2.75, 3.05) is 13.2 Å². The van der Waals surface area contributed by atoms with E-state index in [1.165, 1.54) is 38.5 Å². The van der Waals surface area contributed by atoms with E-state index in [0.29, 0.717) is 18.1 Å². The van der Waals surface area contributed by atoms with E-state index in [4.69, 9.17) is 5.11 Å². The number of hydrogen-bond donors (Lipinski definition) is 2. The lowest BCUT2D eigenvalue weighted by Gasteiger charge is -2.59. The molecular formula is C15H27NO. The molecule has 0 radical (unpaired) electrons. The van der Waals surface area contributed by atoms with Crippen molar-refractivity contribution in [2.24, 2.45) is 23.2 Å². The van der Waals surface area contributed by atoms with Crippen LogP contribution in [0.25, 0.3) is 0 Å². The summed E-state index contributed by atoms with van der Waals surface area (Å²) in [6.07, 6.45) is 9.93. The van der Waals surface area contributed by atoms with Gasteiger partial charge in [0.2, 0.25) is 0 Å². The zero-order chi connectivity index (χ0) is 11.9. The zero-order valence-corrected chi connectivity index (χ0v) is 11.1. The highest BCUT2D eigenvalue weighted by Gasteiger charge is 2.52. The van der Waals surface area contributed by atoms with Crippen LogP contribution in [0.2, 0.25) is 0 Å². The predicted molar refractivity (Wildman–Crippen MR) is 69.8 cm³/mol. The molecular weight excluding hydrogens is 210 g/mol. The highest BCUT2D eigenvalue weighted by Crippen LogP contribution is 2.61. The van der Waals surface area contributed by atoms with E-state index in [1.807, 2.05) is 0 Å². The molecule has 4 aliphatic carbocycles. The van der Waals surface area contributed by atoms with E-state index in [9.17, 15) is 0 Å². The highest BCUT2D eigenvalue weighted by atomic mass is 16.3. The molecule has 4 saturated carbocycles. The van der Waals surface area contributed by atoms with Crippen LogP contribution in [0.15, 0.2) is 0 Å². The quantitative estimate of drug-likeness (QED) is 0.720. The molecule has 0 aromatic heterocycles. The van der Waals surface area contributed by atoms with E-state index in [0.717, 1.165) is 30.7 Å². The van der Waals surface area contributed by atoms with Crippen molar-refractivity contribution < 1.29 is 5.11 Å². The molecule has 0 aromatic carbocycles. The number of nitrogens with one attached hydrogen (secondary N) is 1. The average Bonchev–Trinajstić information content (AvgIpc) is 2.27.